The Kier molecular flexibility index (Phi) is 6.62. The van der Waals surface area contributed by atoms with Gasteiger partial charge in [-0.15, -0.1) is 0 Å². The normalized spacial score (nSPS) is 13.7. The Morgan fingerprint density at radius 3 is 1.37 bits per heavy atom. The number of para-hydroxylation sites is 1. The van der Waals surface area contributed by atoms with E-state index in [4.69, 9.17) is 0 Å². The maximum Gasteiger partial charge on any atom is 0.0745 e. The highest BCUT2D eigenvalue weighted by molar-refractivity contribution is 8.00. The summed E-state index contributed by atoms with van der Waals surface area (Å²) in [5.74, 6) is 0. The fourth-order valence-corrected chi connectivity index (χ4v) is 9.72. The van der Waals surface area contributed by atoms with Gasteiger partial charge in [-0.2, -0.15) is 0 Å². The molecule has 46 heavy (non-hydrogen) atoms. The minimum atomic E-state index is -0.400. The minimum Gasteiger partial charge on any atom is -0.311 e. The molecule has 0 bridgehead atoms. The van der Waals surface area contributed by atoms with Crippen LogP contribution < -0.4 is 4.90 Å². The monoisotopic (exact) mass is 623 g/mol. The summed E-state index contributed by atoms with van der Waals surface area (Å²) in [5.41, 5.74) is 10.8. The average molecular weight is 624 g/mol. The Labute approximate surface area is 278 Å². The summed E-state index contributed by atoms with van der Waals surface area (Å²) in [4.78, 5) is 7.67. The molecule has 0 saturated heterocycles. The van der Waals surface area contributed by atoms with Crippen LogP contribution in [0.25, 0.3) is 11.1 Å². The van der Waals surface area contributed by atoms with Crippen LogP contribution in [0.4, 0.5) is 17.1 Å². The molecule has 0 aliphatic carbocycles. The van der Waals surface area contributed by atoms with Crippen molar-refractivity contribution in [1.29, 1.82) is 0 Å². The fraction of sp³-hybridized carbons (Fsp3) is 0.0233. The molecule has 1 nitrogen and oxygen atoms in total. The molecule has 0 radical (unpaired) electrons. The summed E-state index contributed by atoms with van der Waals surface area (Å²) in [6.45, 7) is 0. The van der Waals surface area contributed by atoms with Crippen LogP contribution in [0.15, 0.2) is 196 Å². The van der Waals surface area contributed by atoms with Crippen molar-refractivity contribution in [2.24, 2.45) is 0 Å². The summed E-state index contributed by atoms with van der Waals surface area (Å²) in [7, 11) is 0. The molecular weight excluding hydrogens is 595 g/mol. The number of hydrogen-bond donors (Lipinski definition) is 0. The third-order valence-corrected chi connectivity index (χ3v) is 11.5. The molecule has 0 aromatic heterocycles. The van der Waals surface area contributed by atoms with Gasteiger partial charge in [0.15, 0.2) is 0 Å². The number of hydrogen-bond acceptors (Lipinski definition) is 3. The van der Waals surface area contributed by atoms with Crippen LogP contribution in [0.1, 0.15) is 22.3 Å². The van der Waals surface area contributed by atoms with Crippen molar-refractivity contribution in [2.75, 3.05) is 4.90 Å². The summed E-state index contributed by atoms with van der Waals surface area (Å²) >= 11 is 3.80. The number of anilines is 3. The minimum absolute atomic E-state index is 0.400. The van der Waals surface area contributed by atoms with E-state index in [1.54, 1.807) is 0 Å². The lowest BCUT2D eigenvalue weighted by Gasteiger charge is -2.46. The van der Waals surface area contributed by atoms with Gasteiger partial charge in [-0.05, 0) is 94.0 Å². The van der Waals surface area contributed by atoms with E-state index < -0.39 is 5.41 Å². The molecule has 0 saturated carbocycles. The van der Waals surface area contributed by atoms with E-state index in [1.807, 2.05) is 23.5 Å². The molecule has 0 amide bonds. The highest BCUT2D eigenvalue weighted by Gasteiger charge is 2.49. The highest BCUT2D eigenvalue weighted by atomic mass is 32.2. The first-order chi connectivity index (χ1) is 22.8. The number of benzene rings is 7. The van der Waals surface area contributed by atoms with Crippen molar-refractivity contribution in [3.05, 3.63) is 198 Å². The maximum absolute atomic E-state index is 2.36. The SMILES string of the molecule is c1ccc(-c2ccc(N(c3ccccc3)c3ccc(C45c6ccccc6Sc6cccc(c64)Sc4ccccc45)cc3)cc2)cc1. The van der Waals surface area contributed by atoms with Crippen molar-refractivity contribution >= 4 is 40.6 Å². The van der Waals surface area contributed by atoms with Crippen molar-refractivity contribution in [3.8, 4) is 11.1 Å². The van der Waals surface area contributed by atoms with E-state index in [0.717, 1.165) is 17.1 Å². The molecule has 7 aromatic carbocycles. The fourth-order valence-electron chi connectivity index (χ4n) is 7.21. The summed E-state index contributed by atoms with van der Waals surface area (Å²) in [6, 6.07) is 64.3. The first-order valence-electron chi connectivity index (χ1n) is 15.6. The van der Waals surface area contributed by atoms with E-state index in [0.29, 0.717) is 0 Å². The second-order valence-electron chi connectivity index (χ2n) is 11.7. The zero-order valence-corrected chi connectivity index (χ0v) is 26.6. The highest BCUT2D eigenvalue weighted by Crippen LogP contribution is 2.62. The van der Waals surface area contributed by atoms with Gasteiger partial charge in [0.1, 0.15) is 0 Å². The Hall–Kier alpha value is -4.96. The van der Waals surface area contributed by atoms with E-state index >= 15 is 0 Å². The van der Waals surface area contributed by atoms with Crippen molar-refractivity contribution in [1.82, 2.24) is 0 Å². The lowest BCUT2D eigenvalue weighted by molar-refractivity contribution is 0.663. The van der Waals surface area contributed by atoms with Gasteiger partial charge in [0.2, 0.25) is 0 Å². The molecule has 3 heteroatoms. The lowest BCUT2D eigenvalue weighted by atomic mass is 9.64. The van der Waals surface area contributed by atoms with Crippen LogP contribution >= 0.6 is 23.5 Å². The molecule has 218 valence electrons. The molecule has 0 N–H and O–H groups in total. The van der Waals surface area contributed by atoms with E-state index in [-0.39, 0.29) is 0 Å². The molecule has 2 aliphatic heterocycles. The molecule has 0 atom stereocenters. The van der Waals surface area contributed by atoms with Gasteiger partial charge in [0, 0.05) is 36.6 Å². The topological polar surface area (TPSA) is 3.24 Å². The second kappa shape index (κ2) is 11.1. The molecule has 0 spiro atoms. The molecule has 0 unspecified atom stereocenters. The van der Waals surface area contributed by atoms with E-state index in [9.17, 15) is 0 Å². The van der Waals surface area contributed by atoms with E-state index in [1.165, 1.54) is 53.0 Å². The molecule has 2 aliphatic rings. The van der Waals surface area contributed by atoms with Gasteiger partial charge in [0.25, 0.3) is 0 Å². The van der Waals surface area contributed by atoms with Crippen LogP contribution in [-0.2, 0) is 5.41 Å². The Bertz CT molecular complexity index is 2120. The first kappa shape index (κ1) is 27.4. The quantitative estimate of drug-likeness (QED) is 0.188. The maximum atomic E-state index is 2.36. The molecule has 2 heterocycles. The Morgan fingerprint density at radius 1 is 0.348 bits per heavy atom. The van der Waals surface area contributed by atoms with Gasteiger partial charge >= 0.3 is 0 Å². The average Bonchev–Trinajstić information content (AvgIpc) is 3.13. The molecule has 7 aromatic rings. The Balaban J connectivity index is 1.22. The Morgan fingerprint density at radius 2 is 0.783 bits per heavy atom. The van der Waals surface area contributed by atoms with Gasteiger partial charge < -0.3 is 4.90 Å². The predicted molar refractivity (Wildman–Crippen MR) is 193 cm³/mol. The number of rotatable bonds is 5. The smallest absolute Gasteiger partial charge is 0.0745 e. The van der Waals surface area contributed by atoms with Crippen molar-refractivity contribution < 1.29 is 0 Å². The van der Waals surface area contributed by atoms with Crippen LogP contribution in [0, 0.1) is 0 Å². The summed E-state index contributed by atoms with van der Waals surface area (Å²) in [6.07, 6.45) is 0. The third kappa shape index (κ3) is 4.27. The van der Waals surface area contributed by atoms with Crippen LogP contribution in [0.3, 0.4) is 0 Å². The van der Waals surface area contributed by atoms with Crippen LogP contribution in [0.5, 0.6) is 0 Å². The first-order valence-corrected chi connectivity index (χ1v) is 17.2. The van der Waals surface area contributed by atoms with Gasteiger partial charge in [-0.1, -0.05) is 139 Å². The predicted octanol–water partition coefficient (Wildman–Crippen LogP) is 12.1. The zero-order valence-electron chi connectivity index (χ0n) is 25.0. The largest absolute Gasteiger partial charge is 0.311 e. The summed E-state index contributed by atoms with van der Waals surface area (Å²) in [5, 5.41) is 0. The lowest BCUT2D eigenvalue weighted by Crippen LogP contribution is -2.36. The third-order valence-electron chi connectivity index (χ3n) is 9.19. The molecule has 0 fully saturated rings. The van der Waals surface area contributed by atoms with Gasteiger partial charge in [-0.3, -0.25) is 0 Å². The molecule has 9 rings (SSSR count). The number of fused-ring (bicyclic) bond motifs is 4. The van der Waals surface area contributed by atoms with Gasteiger partial charge in [-0.25, -0.2) is 0 Å². The number of nitrogens with zero attached hydrogens (tertiary/aromatic N) is 1. The molecular formula is C43H29NS2. The van der Waals surface area contributed by atoms with Crippen LogP contribution in [0.2, 0.25) is 0 Å². The standard InChI is InChI=1S/C43H29NS2/c1-3-12-30(13-4-1)31-22-26-34(27-23-31)44(33-14-5-2-6-15-33)35-28-24-32(25-29-35)43-36-16-7-9-18-38(36)45-40-20-11-21-41(42(40)43)46-39-19-10-8-17-37(39)43/h1-29H. The van der Waals surface area contributed by atoms with Crippen molar-refractivity contribution in [3.63, 3.8) is 0 Å². The second-order valence-corrected chi connectivity index (χ2v) is 13.9. The summed E-state index contributed by atoms with van der Waals surface area (Å²) < 4.78 is 0. The van der Waals surface area contributed by atoms with Crippen LogP contribution in [-0.4, -0.2) is 0 Å². The van der Waals surface area contributed by atoms with Crippen molar-refractivity contribution in [2.45, 2.75) is 25.0 Å². The van der Waals surface area contributed by atoms with E-state index in [2.05, 4.69) is 181 Å². The zero-order chi connectivity index (χ0) is 30.5. The van der Waals surface area contributed by atoms with Gasteiger partial charge in [0.05, 0.1) is 5.41 Å².